The predicted molar refractivity (Wildman–Crippen MR) is 123 cm³/mol. The number of hydrogen-bond donors (Lipinski definition) is 1. The number of anilines is 1. The fourth-order valence-electron chi connectivity index (χ4n) is 2.64. The van der Waals surface area contributed by atoms with E-state index in [-0.39, 0.29) is 6.61 Å². The van der Waals surface area contributed by atoms with Gasteiger partial charge in [-0.05, 0) is 48.5 Å². The lowest BCUT2D eigenvalue weighted by Gasteiger charge is -2.18. The highest BCUT2D eigenvalue weighted by molar-refractivity contribution is 9.10. The average molecular weight is 546 g/mol. The van der Waals surface area contributed by atoms with E-state index in [1.165, 1.54) is 0 Å². The Hall–Kier alpha value is -1.40. The van der Waals surface area contributed by atoms with E-state index in [0.29, 0.717) is 28.1 Å². The Morgan fingerprint density at radius 2 is 1.57 bits per heavy atom. The Morgan fingerprint density at radius 3 is 2.21 bits per heavy atom. The number of benzene rings is 3. The number of halogens is 4. The highest BCUT2D eigenvalue weighted by atomic mass is 79.9. The Morgan fingerprint density at radius 1 is 0.893 bits per heavy atom. The van der Waals surface area contributed by atoms with Gasteiger partial charge in [0.1, 0.15) is 6.61 Å². The normalized spacial score (nSPS) is 10.6. The molecule has 0 fully saturated rings. The van der Waals surface area contributed by atoms with Crippen molar-refractivity contribution < 1.29 is 9.47 Å². The smallest absolute Gasteiger partial charge is 0.167 e. The van der Waals surface area contributed by atoms with Gasteiger partial charge in [-0.1, -0.05) is 61.1 Å². The molecule has 3 rings (SSSR count). The van der Waals surface area contributed by atoms with Gasteiger partial charge in [-0.3, -0.25) is 0 Å². The summed E-state index contributed by atoms with van der Waals surface area (Å²) >= 11 is 19.6. The number of rotatable bonds is 7. The zero-order valence-electron chi connectivity index (χ0n) is 14.9. The highest BCUT2D eigenvalue weighted by Crippen LogP contribution is 2.38. The molecule has 0 heterocycles. The van der Waals surface area contributed by atoms with Gasteiger partial charge in [-0.2, -0.15) is 0 Å². The number of nitrogens with one attached hydrogen (secondary N) is 1. The fourth-order valence-corrected chi connectivity index (χ4v) is 3.86. The number of methoxy groups -OCH3 is 1. The van der Waals surface area contributed by atoms with Crippen molar-refractivity contribution in [1.82, 2.24) is 0 Å². The minimum absolute atomic E-state index is 0.233. The monoisotopic (exact) mass is 543 g/mol. The van der Waals surface area contributed by atoms with Gasteiger partial charge in [-0.15, -0.1) is 0 Å². The van der Waals surface area contributed by atoms with Crippen molar-refractivity contribution in [3.05, 3.63) is 84.7 Å². The van der Waals surface area contributed by atoms with Crippen LogP contribution in [-0.2, 0) is 13.2 Å². The summed E-state index contributed by atoms with van der Waals surface area (Å²) in [7, 11) is 1.62. The molecule has 146 valence electrons. The van der Waals surface area contributed by atoms with Gasteiger partial charge in [0.05, 0.1) is 7.11 Å². The predicted octanol–water partition coefficient (Wildman–Crippen LogP) is 7.72. The van der Waals surface area contributed by atoms with Crippen molar-refractivity contribution in [2.24, 2.45) is 0 Å². The van der Waals surface area contributed by atoms with Gasteiger partial charge < -0.3 is 14.8 Å². The van der Waals surface area contributed by atoms with E-state index in [1.54, 1.807) is 25.3 Å². The summed E-state index contributed by atoms with van der Waals surface area (Å²) in [5, 5.41) is 4.53. The molecule has 3 aromatic rings. The first kappa shape index (κ1) is 21.3. The Labute approximate surface area is 191 Å². The summed E-state index contributed by atoms with van der Waals surface area (Å²) < 4.78 is 13.6. The van der Waals surface area contributed by atoms with Crippen LogP contribution in [0.25, 0.3) is 0 Å². The quantitative estimate of drug-likeness (QED) is 0.330. The van der Waals surface area contributed by atoms with Crippen molar-refractivity contribution >= 4 is 60.7 Å². The molecule has 1 N–H and O–H groups in total. The molecule has 0 aliphatic rings. The SMILES string of the molecule is COc1ccc(Br)c(CNc2ccc(Br)cc2)c1OCc1c(Cl)cccc1Cl. The van der Waals surface area contributed by atoms with Crippen LogP contribution in [0, 0.1) is 0 Å². The van der Waals surface area contributed by atoms with E-state index in [2.05, 4.69) is 37.2 Å². The van der Waals surface area contributed by atoms with E-state index in [0.717, 1.165) is 25.8 Å². The number of ether oxygens (including phenoxy) is 2. The summed E-state index contributed by atoms with van der Waals surface area (Å²) in [5.41, 5.74) is 2.67. The van der Waals surface area contributed by atoms with Crippen molar-refractivity contribution in [2.45, 2.75) is 13.2 Å². The Kier molecular flexibility index (Phi) is 7.52. The van der Waals surface area contributed by atoms with E-state index in [9.17, 15) is 0 Å². The second kappa shape index (κ2) is 9.88. The second-order valence-electron chi connectivity index (χ2n) is 5.91. The molecule has 3 nitrogen and oxygen atoms in total. The minimum atomic E-state index is 0.233. The largest absolute Gasteiger partial charge is 0.493 e. The van der Waals surface area contributed by atoms with E-state index >= 15 is 0 Å². The average Bonchev–Trinajstić information content (AvgIpc) is 2.68. The van der Waals surface area contributed by atoms with Crippen molar-refractivity contribution in [3.63, 3.8) is 0 Å². The lowest BCUT2D eigenvalue weighted by atomic mass is 10.1. The molecule has 0 spiro atoms. The Bertz CT molecular complexity index is 945. The second-order valence-corrected chi connectivity index (χ2v) is 8.49. The van der Waals surface area contributed by atoms with Crippen molar-refractivity contribution in [1.29, 1.82) is 0 Å². The maximum atomic E-state index is 6.27. The molecule has 28 heavy (non-hydrogen) atoms. The number of hydrogen-bond acceptors (Lipinski definition) is 3. The van der Waals surface area contributed by atoms with Gasteiger partial charge in [0.2, 0.25) is 0 Å². The van der Waals surface area contributed by atoms with Gasteiger partial charge in [0.25, 0.3) is 0 Å². The molecular formula is C21H17Br2Cl2NO2. The summed E-state index contributed by atoms with van der Waals surface area (Å²) in [6.07, 6.45) is 0. The van der Waals surface area contributed by atoms with E-state index < -0.39 is 0 Å². The zero-order valence-corrected chi connectivity index (χ0v) is 19.6. The molecule has 0 aliphatic carbocycles. The molecule has 0 unspecified atom stereocenters. The first-order chi connectivity index (χ1) is 13.5. The first-order valence-corrected chi connectivity index (χ1v) is 10.7. The van der Waals surface area contributed by atoms with Crippen LogP contribution in [0.4, 0.5) is 5.69 Å². The molecule has 0 aliphatic heterocycles. The zero-order chi connectivity index (χ0) is 20.1. The third-order valence-corrected chi connectivity index (χ3v) is 6.10. The maximum absolute atomic E-state index is 6.27. The summed E-state index contributed by atoms with van der Waals surface area (Å²) in [6.45, 7) is 0.779. The van der Waals surface area contributed by atoms with Gasteiger partial charge in [0, 0.05) is 42.3 Å². The van der Waals surface area contributed by atoms with Crippen LogP contribution in [0.15, 0.2) is 63.5 Å². The fraction of sp³-hybridized carbons (Fsp3) is 0.143. The molecule has 3 aromatic carbocycles. The third kappa shape index (κ3) is 5.15. The van der Waals surface area contributed by atoms with Crippen LogP contribution < -0.4 is 14.8 Å². The molecule has 0 bridgehead atoms. The van der Waals surface area contributed by atoms with Gasteiger partial charge in [-0.25, -0.2) is 0 Å². The van der Waals surface area contributed by atoms with Crippen molar-refractivity contribution in [2.75, 3.05) is 12.4 Å². The van der Waals surface area contributed by atoms with Crippen LogP contribution in [0.2, 0.25) is 10.0 Å². The van der Waals surface area contributed by atoms with Crippen LogP contribution >= 0.6 is 55.1 Å². The van der Waals surface area contributed by atoms with Gasteiger partial charge in [0.15, 0.2) is 11.5 Å². The summed E-state index contributed by atoms with van der Waals surface area (Å²) in [5.74, 6) is 1.27. The molecule has 0 radical (unpaired) electrons. The first-order valence-electron chi connectivity index (χ1n) is 8.40. The molecule has 0 atom stereocenters. The maximum Gasteiger partial charge on any atom is 0.167 e. The Balaban J connectivity index is 1.86. The molecule has 0 amide bonds. The molecule has 0 saturated heterocycles. The molecular weight excluding hydrogens is 529 g/mol. The molecule has 7 heteroatoms. The van der Waals surface area contributed by atoms with E-state index in [1.807, 2.05) is 36.4 Å². The third-order valence-electron chi connectivity index (χ3n) is 4.12. The molecule has 0 saturated carbocycles. The van der Waals surface area contributed by atoms with Crippen LogP contribution in [0.3, 0.4) is 0 Å². The van der Waals surface area contributed by atoms with E-state index in [4.69, 9.17) is 32.7 Å². The molecule has 0 aromatic heterocycles. The minimum Gasteiger partial charge on any atom is -0.493 e. The van der Waals surface area contributed by atoms with Gasteiger partial charge >= 0.3 is 0 Å². The van der Waals surface area contributed by atoms with Crippen LogP contribution in [-0.4, -0.2) is 7.11 Å². The topological polar surface area (TPSA) is 30.5 Å². The lowest BCUT2D eigenvalue weighted by Crippen LogP contribution is -2.06. The van der Waals surface area contributed by atoms with Crippen molar-refractivity contribution in [3.8, 4) is 11.5 Å². The lowest BCUT2D eigenvalue weighted by molar-refractivity contribution is 0.281. The van der Waals surface area contributed by atoms with Crippen LogP contribution in [0.1, 0.15) is 11.1 Å². The standard InChI is InChI=1S/C21H17Br2Cl2NO2/c1-27-20-10-9-17(23)15(11-26-14-7-5-13(22)6-8-14)21(20)28-12-16-18(24)3-2-4-19(16)25/h2-10,26H,11-12H2,1H3. The highest BCUT2D eigenvalue weighted by Gasteiger charge is 2.16. The summed E-state index contributed by atoms with van der Waals surface area (Å²) in [6, 6.07) is 17.2. The van der Waals surface area contributed by atoms with Crippen LogP contribution in [0.5, 0.6) is 11.5 Å². The summed E-state index contributed by atoms with van der Waals surface area (Å²) in [4.78, 5) is 0.